The molecule has 0 spiro atoms. The van der Waals surface area contributed by atoms with Crippen LogP contribution >= 0.6 is 0 Å². The number of hydrogen-bond donors (Lipinski definition) is 1. The number of carbonyl (C=O) groups is 1. The molecular formula is C9H18N2O. The predicted molar refractivity (Wildman–Crippen MR) is 48.9 cm³/mol. The lowest BCUT2D eigenvalue weighted by atomic mass is 10.1. The molecule has 0 aliphatic carbocycles. The largest absolute Gasteiger partial charge is 0.340 e. The highest BCUT2D eigenvalue weighted by Crippen LogP contribution is 2.04. The fraction of sp³-hybridized carbons (Fsp3) is 0.889. The maximum Gasteiger partial charge on any atom is 0.222 e. The minimum atomic E-state index is 0.312. The van der Waals surface area contributed by atoms with Crippen LogP contribution in [0.4, 0.5) is 0 Å². The summed E-state index contributed by atoms with van der Waals surface area (Å²) >= 11 is 0. The first-order valence-corrected chi connectivity index (χ1v) is 4.68. The standard InChI is InChI=1S/C9H18N2O/c1-8(2)7-9(12)11-5-3-10-4-6-11/h8,10H,3-7H2,1-2H3. The molecule has 1 N–H and O–H groups in total. The molecule has 0 aromatic rings. The van der Waals surface area contributed by atoms with Crippen LogP contribution < -0.4 is 5.32 Å². The maximum atomic E-state index is 11.5. The second-order valence-electron chi connectivity index (χ2n) is 3.73. The molecule has 1 rings (SSSR count). The van der Waals surface area contributed by atoms with Crippen molar-refractivity contribution in [2.24, 2.45) is 5.92 Å². The van der Waals surface area contributed by atoms with Crippen molar-refractivity contribution in [3.8, 4) is 0 Å². The van der Waals surface area contributed by atoms with Gasteiger partial charge in [0.25, 0.3) is 0 Å². The van der Waals surface area contributed by atoms with Crippen molar-refractivity contribution < 1.29 is 4.79 Å². The van der Waals surface area contributed by atoms with E-state index in [0.717, 1.165) is 26.2 Å². The average molecular weight is 170 g/mol. The van der Waals surface area contributed by atoms with Gasteiger partial charge in [0, 0.05) is 32.6 Å². The molecule has 0 aromatic carbocycles. The Morgan fingerprint density at radius 1 is 1.42 bits per heavy atom. The topological polar surface area (TPSA) is 32.3 Å². The summed E-state index contributed by atoms with van der Waals surface area (Å²) in [4.78, 5) is 13.5. The van der Waals surface area contributed by atoms with E-state index < -0.39 is 0 Å². The van der Waals surface area contributed by atoms with Crippen LogP contribution in [0, 0.1) is 5.92 Å². The van der Waals surface area contributed by atoms with Gasteiger partial charge in [-0.3, -0.25) is 4.79 Å². The molecule has 1 amide bonds. The summed E-state index contributed by atoms with van der Waals surface area (Å²) in [5.74, 6) is 0.791. The fourth-order valence-corrected chi connectivity index (χ4v) is 1.39. The van der Waals surface area contributed by atoms with Gasteiger partial charge in [0.15, 0.2) is 0 Å². The van der Waals surface area contributed by atoms with Crippen molar-refractivity contribution >= 4 is 5.91 Å². The summed E-state index contributed by atoms with van der Waals surface area (Å²) in [5.41, 5.74) is 0. The highest BCUT2D eigenvalue weighted by atomic mass is 16.2. The van der Waals surface area contributed by atoms with E-state index in [9.17, 15) is 4.79 Å². The zero-order chi connectivity index (χ0) is 8.97. The Balaban J connectivity index is 2.30. The third-order valence-electron chi connectivity index (χ3n) is 2.05. The van der Waals surface area contributed by atoms with Crippen molar-refractivity contribution in [3.63, 3.8) is 0 Å². The lowest BCUT2D eigenvalue weighted by Crippen LogP contribution is -2.46. The molecule has 0 saturated carbocycles. The summed E-state index contributed by atoms with van der Waals surface area (Å²) in [7, 11) is 0. The van der Waals surface area contributed by atoms with Crippen LogP contribution in [0.5, 0.6) is 0 Å². The molecule has 12 heavy (non-hydrogen) atoms. The van der Waals surface area contributed by atoms with Crippen molar-refractivity contribution in [1.82, 2.24) is 10.2 Å². The molecule has 0 aromatic heterocycles. The highest BCUT2D eigenvalue weighted by molar-refractivity contribution is 5.76. The van der Waals surface area contributed by atoms with E-state index in [4.69, 9.17) is 0 Å². The van der Waals surface area contributed by atoms with Crippen LogP contribution in [0.1, 0.15) is 20.3 Å². The monoisotopic (exact) mass is 170 g/mol. The number of carbonyl (C=O) groups excluding carboxylic acids is 1. The van der Waals surface area contributed by atoms with Crippen LogP contribution in [-0.2, 0) is 4.79 Å². The van der Waals surface area contributed by atoms with Crippen LogP contribution in [0.15, 0.2) is 0 Å². The predicted octanol–water partition coefficient (Wildman–Crippen LogP) is 0.464. The maximum absolute atomic E-state index is 11.5. The number of rotatable bonds is 2. The first-order chi connectivity index (χ1) is 5.70. The lowest BCUT2D eigenvalue weighted by molar-refractivity contribution is -0.132. The Hall–Kier alpha value is -0.570. The van der Waals surface area contributed by atoms with Gasteiger partial charge < -0.3 is 10.2 Å². The van der Waals surface area contributed by atoms with Crippen molar-refractivity contribution in [2.45, 2.75) is 20.3 Å². The van der Waals surface area contributed by atoms with Gasteiger partial charge in [-0.1, -0.05) is 13.8 Å². The fourth-order valence-electron chi connectivity index (χ4n) is 1.39. The third-order valence-corrected chi connectivity index (χ3v) is 2.05. The molecular weight excluding hydrogens is 152 g/mol. The molecule has 70 valence electrons. The summed E-state index contributed by atoms with van der Waals surface area (Å²) in [5, 5.41) is 3.23. The molecule has 1 saturated heterocycles. The first-order valence-electron chi connectivity index (χ1n) is 4.68. The van der Waals surface area contributed by atoms with Gasteiger partial charge in [0.05, 0.1) is 0 Å². The molecule has 3 heteroatoms. The summed E-state index contributed by atoms with van der Waals surface area (Å²) in [6.07, 6.45) is 0.694. The molecule has 3 nitrogen and oxygen atoms in total. The Kier molecular flexibility index (Phi) is 3.53. The summed E-state index contributed by atoms with van der Waals surface area (Å²) in [6, 6.07) is 0. The van der Waals surface area contributed by atoms with Gasteiger partial charge in [-0.2, -0.15) is 0 Å². The molecule has 0 unspecified atom stereocenters. The SMILES string of the molecule is CC(C)CC(=O)N1CCNCC1. The van der Waals surface area contributed by atoms with E-state index in [2.05, 4.69) is 19.2 Å². The third kappa shape index (κ3) is 2.81. The second-order valence-corrected chi connectivity index (χ2v) is 3.73. The minimum Gasteiger partial charge on any atom is -0.340 e. The van der Waals surface area contributed by atoms with Gasteiger partial charge >= 0.3 is 0 Å². The number of nitrogens with zero attached hydrogens (tertiary/aromatic N) is 1. The van der Waals surface area contributed by atoms with E-state index in [1.807, 2.05) is 4.90 Å². The summed E-state index contributed by atoms with van der Waals surface area (Å²) in [6.45, 7) is 7.82. The van der Waals surface area contributed by atoms with E-state index in [0.29, 0.717) is 18.2 Å². The second kappa shape index (κ2) is 4.45. The van der Waals surface area contributed by atoms with E-state index in [1.165, 1.54) is 0 Å². The van der Waals surface area contributed by atoms with Gasteiger partial charge in [-0.25, -0.2) is 0 Å². The van der Waals surface area contributed by atoms with Crippen molar-refractivity contribution in [1.29, 1.82) is 0 Å². The molecule has 0 atom stereocenters. The molecule has 1 aliphatic heterocycles. The van der Waals surface area contributed by atoms with Gasteiger partial charge in [0.1, 0.15) is 0 Å². The van der Waals surface area contributed by atoms with Crippen LogP contribution in [0.2, 0.25) is 0 Å². The zero-order valence-corrected chi connectivity index (χ0v) is 7.97. The van der Waals surface area contributed by atoms with Crippen LogP contribution in [0.3, 0.4) is 0 Å². The molecule has 1 fully saturated rings. The minimum absolute atomic E-state index is 0.312. The lowest BCUT2D eigenvalue weighted by Gasteiger charge is -2.28. The van der Waals surface area contributed by atoms with Crippen molar-refractivity contribution in [3.05, 3.63) is 0 Å². The van der Waals surface area contributed by atoms with Crippen LogP contribution in [0.25, 0.3) is 0 Å². The van der Waals surface area contributed by atoms with E-state index in [1.54, 1.807) is 0 Å². The van der Waals surface area contributed by atoms with Gasteiger partial charge in [0.2, 0.25) is 5.91 Å². The molecule has 1 aliphatic rings. The Bertz CT molecular complexity index is 151. The number of hydrogen-bond acceptors (Lipinski definition) is 2. The average Bonchev–Trinajstić information content (AvgIpc) is 2.05. The quantitative estimate of drug-likeness (QED) is 0.653. The van der Waals surface area contributed by atoms with Crippen LogP contribution in [-0.4, -0.2) is 37.0 Å². The van der Waals surface area contributed by atoms with Gasteiger partial charge in [-0.05, 0) is 5.92 Å². The Morgan fingerprint density at radius 3 is 2.50 bits per heavy atom. The highest BCUT2D eigenvalue weighted by Gasteiger charge is 2.16. The van der Waals surface area contributed by atoms with E-state index >= 15 is 0 Å². The molecule has 1 heterocycles. The number of nitrogens with one attached hydrogen (secondary N) is 1. The first kappa shape index (κ1) is 9.52. The smallest absolute Gasteiger partial charge is 0.222 e. The zero-order valence-electron chi connectivity index (χ0n) is 7.97. The summed E-state index contributed by atoms with van der Waals surface area (Å²) < 4.78 is 0. The normalized spacial score (nSPS) is 18.4. The van der Waals surface area contributed by atoms with Gasteiger partial charge in [-0.15, -0.1) is 0 Å². The molecule has 0 bridgehead atoms. The number of piperazine rings is 1. The Morgan fingerprint density at radius 2 is 2.00 bits per heavy atom. The Labute approximate surface area is 74.1 Å². The van der Waals surface area contributed by atoms with E-state index in [-0.39, 0.29) is 0 Å². The van der Waals surface area contributed by atoms with Crippen molar-refractivity contribution in [2.75, 3.05) is 26.2 Å². The number of amides is 1. The molecule has 0 radical (unpaired) electrons.